The van der Waals surface area contributed by atoms with Gasteiger partial charge in [0.2, 0.25) is 5.91 Å². The number of likely N-dealkylation sites (tertiary alicyclic amines) is 1. The van der Waals surface area contributed by atoms with E-state index in [0.29, 0.717) is 38.3 Å². The van der Waals surface area contributed by atoms with Gasteiger partial charge in [0.05, 0.1) is 5.92 Å². The monoisotopic (exact) mass is 287 g/mol. The minimum Gasteiger partial charge on any atom is -0.481 e. The van der Waals surface area contributed by atoms with Crippen LogP contribution in [-0.4, -0.2) is 35.0 Å². The van der Waals surface area contributed by atoms with Gasteiger partial charge in [-0.05, 0) is 42.7 Å². The molecule has 0 aromatic heterocycles. The fourth-order valence-corrected chi connectivity index (χ4v) is 3.57. The number of carboxylic acid groups (broad SMARTS) is 1. The molecule has 1 aliphatic heterocycles. The minimum absolute atomic E-state index is 0.181. The lowest BCUT2D eigenvalue weighted by Crippen LogP contribution is -2.40. The third kappa shape index (κ3) is 2.94. The molecule has 112 valence electrons. The Labute approximate surface area is 124 Å². The fraction of sp³-hybridized carbons (Fsp3) is 0.529. The first-order valence-electron chi connectivity index (χ1n) is 7.73. The van der Waals surface area contributed by atoms with Gasteiger partial charge >= 0.3 is 5.97 Å². The van der Waals surface area contributed by atoms with Gasteiger partial charge in [-0.3, -0.25) is 9.59 Å². The smallest absolute Gasteiger partial charge is 0.306 e. The number of carbonyl (C=O) groups excluding carboxylic acids is 1. The van der Waals surface area contributed by atoms with Crippen molar-refractivity contribution in [2.24, 2.45) is 5.92 Å². The number of hydrogen-bond acceptors (Lipinski definition) is 2. The van der Waals surface area contributed by atoms with E-state index in [2.05, 4.69) is 18.2 Å². The molecule has 1 saturated heterocycles. The van der Waals surface area contributed by atoms with Crippen LogP contribution in [0.15, 0.2) is 24.3 Å². The number of aliphatic carboxylic acids is 1. The van der Waals surface area contributed by atoms with Crippen molar-refractivity contribution >= 4 is 11.9 Å². The van der Waals surface area contributed by atoms with Gasteiger partial charge in [-0.15, -0.1) is 0 Å². The number of carboxylic acids is 1. The normalized spacial score (nSPS) is 22.1. The number of nitrogens with zero attached hydrogens (tertiary/aromatic N) is 1. The van der Waals surface area contributed by atoms with Crippen LogP contribution in [0.1, 0.15) is 42.7 Å². The van der Waals surface area contributed by atoms with E-state index < -0.39 is 5.97 Å². The molecule has 1 N–H and O–H groups in total. The zero-order valence-corrected chi connectivity index (χ0v) is 12.1. The lowest BCUT2D eigenvalue weighted by molar-refractivity contribution is -0.145. The fourth-order valence-electron chi connectivity index (χ4n) is 3.57. The van der Waals surface area contributed by atoms with Crippen molar-refractivity contribution in [3.63, 3.8) is 0 Å². The van der Waals surface area contributed by atoms with E-state index in [4.69, 9.17) is 5.11 Å². The first kappa shape index (κ1) is 14.1. The zero-order chi connectivity index (χ0) is 14.8. The molecule has 3 rings (SSSR count). The van der Waals surface area contributed by atoms with Crippen LogP contribution in [0, 0.1) is 5.92 Å². The SMILES string of the molecule is O=C(O)C1CCN(C(=O)C[C@@H]2CCc3ccccc32)CC1. The molecule has 0 bridgehead atoms. The predicted octanol–water partition coefficient (Wildman–Crippen LogP) is 2.43. The van der Waals surface area contributed by atoms with Gasteiger partial charge in [0.25, 0.3) is 0 Å². The maximum absolute atomic E-state index is 12.4. The second-order valence-electron chi connectivity index (χ2n) is 6.13. The van der Waals surface area contributed by atoms with Gasteiger partial charge in [-0.25, -0.2) is 0 Å². The van der Waals surface area contributed by atoms with E-state index in [1.54, 1.807) is 0 Å². The van der Waals surface area contributed by atoms with Crippen molar-refractivity contribution in [3.05, 3.63) is 35.4 Å². The van der Waals surface area contributed by atoms with Gasteiger partial charge in [0.15, 0.2) is 0 Å². The largest absolute Gasteiger partial charge is 0.481 e. The van der Waals surface area contributed by atoms with E-state index in [9.17, 15) is 9.59 Å². The summed E-state index contributed by atoms with van der Waals surface area (Å²) in [7, 11) is 0. The third-order valence-corrected chi connectivity index (χ3v) is 4.87. The minimum atomic E-state index is -0.730. The molecule has 1 atom stereocenters. The van der Waals surface area contributed by atoms with E-state index in [1.165, 1.54) is 11.1 Å². The highest BCUT2D eigenvalue weighted by molar-refractivity contribution is 5.78. The molecule has 1 aromatic rings. The molecule has 1 amide bonds. The van der Waals surface area contributed by atoms with E-state index in [1.807, 2.05) is 11.0 Å². The van der Waals surface area contributed by atoms with Crippen molar-refractivity contribution in [1.82, 2.24) is 4.90 Å². The van der Waals surface area contributed by atoms with Crippen molar-refractivity contribution < 1.29 is 14.7 Å². The molecule has 1 aliphatic carbocycles. The Kier molecular flexibility index (Phi) is 3.95. The quantitative estimate of drug-likeness (QED) is 0.929. The summed E-state index contributed by atoms with van der Waals surface area (Å²) in [5.74, 6) is -0.487. The summed E-state index contributed by atoms with van der Waals surface area (Å²) >= 11 is 0. The Morgan fingerprint density at radius 2 is 1.86 bits per heavy atom. The highest BCUT2D eigenvalue weighted by Gasteiger charge is 2.30. The van der Waals surface area contributed by atoms with Gasteiger partial charge < -0.3 is 10.0 Å². The Hall–Kier alpha value is -1.84. The molecular weight excluding hydrogens is 266 g/mol. The Morgan fingerprint density at radius 3 is 2.57 bits per heavy atom. The van der Waals surface area contributed by atoms with Crippen LogP contribution in [-0.2, 0) is 16.0 Å². The standard InChI is InChI=1S/C17H21NO3/c19-16(18-9-7-13(8-10-18)17(20)21)11-14-6-5-12-3-1-2-4-15(12)14/h1-4,13-14H,5-11H2,(H,20,21)/t14-/m0/s1. The summed E-state index contributed by atoms with van der Waals surface area (Å²) in [4.78, 5) is 25.2. The number of piperidine rings is 1. The first-order chi connectivity index (χ1) is 10.1. The van der Waals surface area contributed by atoms with Crippen LogP contribution >= 0.6 is 0 Å². The van der Waals surface area contributed by atoms with Gasteiger partial charge in [0, 0.05) is 19.5 Å². The Balaban J connectivity index is 1.57. The number of fused-ring (bicyclic) bond motifs is 1. The van der Waals surface area contributed by atoms with Crippen LogP contribution in [0.2, 0.25) is 0 Å². The van der Waals surface area contributed by atoms with Crippen molar-refractivity contribution in [2.75, 3.05) is 13.1 Å². The Bertz CT molecular complexity index is 547. The number of aryl methyl sites for hydroxylation is 1. The molecule has 2 aliphatic rings. The predicted molar refractivity (Wildman–Crippen MR) is 79.1 cm³/mol. The maximum Gasteiger partial charge on any atom is 0.306 e. The maximum atomic E-state index is 12.4. The molecule has 0 spiro atoms. The Morgan fingerprint density at radius 1 is 1.14 bits per heavy atom. The summed E-state index contributed by atoms with van der Waals surface area (Å²) in [6, 6.07) is 8.38. The average Bonchev–Trinajstić information content (AvgIpc) is 2.91. The molecule has 4 nitrogen and oxygen atoms in total. The summed E-state index contributed by atoms with van der Waals surface area (Å²) in [6.07, 6.45) is 3.85. The number of benzene rings is 1. The molecular formula is C17H21NO3. The van der Waals surface area contributed by atoms with Crippen LogP contribution in [0.5, 0.6) is 0 Å². The van der Waals surface area contributed by atoms with Crippen molar-refractivity contribution in [1.29, 1.82) is 0 Å². The van der Waals surface area contributed by atoms with Crippen LogP contribution in [0.3, 0.4) is 0 Å². The molecule has 0 radical (unpaired) electrons. The zero-order valence-electron chi connectivity index (χ0n) is 12.1. The van der Waals surface area contributed by atoms with E-state index in [-0.39, 0.29) is 11.8 Å². The highest BCUT2D eigenvalue weighted by atomic mass is 16.4. The van der Waals surface area contributed by atoms with Crippen LogP contribution < -0.4 is 0 Å². The lowest BCUT2D eigenvalue weighted by atomic mass is 9.94. The summed E-state index contributed by atoms with van der Waals surface area (Å²) in [6.45, 7) is 1.17. The van der Waals surface area contributed by atoms with Crippen molar-refractivity contribution in [2.45, 2.75) is 38.0 Å². The van der Waals surface area contributed by atoms with Gasteiger partial charge in [-0.2, -0.15) is 0 Å². The molecule has 0 saturated carbocycles. The van der Waals surface area contributed by atoms with Gasteiger partial charge in [-0.1, -0.05) is 24.3 Å². The van der Waals surface area contributed by atoms with E-state index >= 15 is 0 Å². The second-order valence-corrected chi connectivity index (χ2v) is 6.13. The summed E-state index contributed by atoms with van der Waals surface area (Å²) < 4.78 is 0. The number of carbonyl (C=O) groups is 2. The average molecular weight is 287 g/mol. The highest BCUT2D eigenvalue weighted by Crippen LogP contribution is 2.35. The molecule has 4 heteroatoms. The van der Waals surface area contributed by atoms with Crippen LogP contribution in [0.25, 0.3) is 0 Å². The number of rotatable bonds is 3. The lowest BCUT2D eigenvalue weighted by Gasteiger charge is -2.31. The number of hydrogen-bond donors (Lipinski definition) is 1. The summed E-state index contributed by atoms with van der Waals surface area (Å²) in [5.41, 5.74) is 2.70. The molecule has 1 fully saturated rings. The van der Waals surface area contributed by atoms with Crippen molar-refractivity contribution in [3.8, 4) is 0 Å². The first-order valence-corrected chi connectivity index (χ1v) is 7.73. The third-order valence-electron chi connectivity index (χ3n) is 4.87. The number of amides is 1. The molecule has 1 heterocycles. The summed E-state index contributed by atoms with van der Waals surface area (Å²) in [5, 5.41) is 9.00. The topological polar surface area (TPSA) is 57.6 Å². The second kappa shape index (κ2) is 5.88. The molecule has 21 heavy (non-hydrogen) atoms. The van der Waals surface area contributed by atoms with E-state index in [0.717, 1.165) is 12.8 Å². The van der Waals surface area contributed by atoms with Gasteiger partial charge in [0.1, 0.15) is 0 Å². The molecule has 0 unspecified atom stereocenters. The molecule has 1 aromatic carbocycles. The van der Waals surface area contributed by atoms with Crippen LogP contribution in [0.4, 0.5) is 0 Å².